The molecule has 3 unspecified atom stereocenters. The molecule has 1 amide bonds. The molecule has 6 heteroatoms. The first kappa shape index (κ1) is 56.1. The largest absolute Gasteiger partial charge is 0.462 e. The molecular weight excluding hydrogens is 719 g/mol. The van der Waals surface area contributed by atoms with Crippen molar-refractivity contribution >= 4 is 11.9 Å². The van der Waals surface area contributed by atoms with Gasteiger partial charge in [0.2, 0.25) is 5.91 Å². The number of aliphatic hydroxyl groups excluding tert-OH is 2. The molecule has 0 aromatic rings. The number of aliphatic hydroxyl groups is 2. The topological polar surface area (TPSA) is 95.9 Å². The van der Waals surface area contributed by atoms with Crippen molar-refractivity contribution in [1.82, 2.24) is 5.32 Å². The van der Waals surface area contributed by atoms with Crippen molar-refractivity contribution in [3.63, 3.8) is 0 Å². The van der Waals surface area contributed by atoms with E-state index in [1.54, 1.807) is 0 Å². The molecule has 0 spiro atoms. The maximum Gasteiger partial charge on any atom is 0.306 e. The van der Waals surface area contributed by atoms with E-state index >= 15 is 0 Å². The second-order valence-corrected chi connectivity index (χ2v) is 17.2. The molecule has 0 aliphatic rings. The fraction of sp³-hybridized carbons (Fsp3) is 0.846. The molecule has 0 heterocycles. The summed E-state index contributed by atoms with van der Waals surface area (Å²) in [6, 6.07) is -0.705. The predicted octanol–water partition coefficient (Wildman–Crippen LogP) is 14.9. The third-order valence-corrected chi connectivity index (χ3v) is 11.4. The van der Waals surface area contributed by atoms with E-state index in [4.69, 9.17) is 4.74 Å². The normalized spacial score (nSPS) is 13.5. The zero-order chi connectivity index (χ0) is 42.4. The van der Waals surface area contributed by atoms with Crippen molar-refractivity contribution in [3.05, 3.63) is 36.5 Å². The number of carbonyl (C=O) groups is 2. The third-order valence-electron chi connectivity index (χ3n) is 11.4. The summed E-state index contributed by atoms with van der Waals surface area (Å²) in [4.78, 5) is 26.1. The van der Waals surface area contributed by atoms with Crippen LogP contribution in [-0.4, -0.2) is 46.9 Å². The molecule has 58 heavy (non-hydrogen) atoms. The SMILES string of the molecule is CCC/C=C\CCCCCCCC(=O)OC(CCCCCCC/C=C\C/C=C\CCCCC)CC(=O)NC(CO)C(O)CCCCCCCCCCCCCCCC. The molecular formula is C52H97NO5. The molecule has 0 aliphatic heterocycles. The quantitative estimate of drug-likeness (QED) is 0.0323. The van der Waals surface area contributed by atoms with Gasteiger partial charge in [0.25, 0.3) is 0 Å². The average Bonchev–Trinajstić information content (AvgIpc) is 3.22. The Kier molecular flexibility index (Phi) is 44.6. The summed E-state index contributed by atoms with van der Waals surface area (Å²) in [5, 5.41) is 23.7. The number of allylic oxidation sites excluding steroid dienone is 6. The fourth-order valence-corrected chi connectivity index (χ4v) is 7.58. The van der Waals surface area contributed by atoms with Crippen molar-refractivity contribution in [2.75, 3.05) is 6.61 Å². The summed E-state index contributed by atoms with van der Waals surface area (Å²) in [6.45, 7) is 6.40. The second-order valence-electron chi connectivity index (χ2n) is 17.2. The molecule has 0 radical (unpaired) electrons. The maximum atomic E-state index is 13.2. The highest BCUT2D eigenvalue weighted by Gasteiger charge is 2.24. The zero-order valence-electron chi connectivity index (χ0n) is 38.7. The molecule has 340 valence electrons. The first-order valence-corrected chi connectivity index (χ1v) is 25.2. The summed E-state index contributed by atoms with van der Waals surface area (Å²) in [7, 11) is 0. The number of hydrogen-bond acceptors (Lipinski definition) is 5. The van der Waals surface area contributed by atoms with Gasteiger partial charge in [0.1, 0.15) is 6.10 Å². The molecule has 0 aromatic heterocycles. The van der Waals surface area contributed by atoms with Gasteiger partial charge in [-0.15, -0.1) is 0 Å². The van der Waals surface area contributed by atoms with Crippen LogP contribution in [0.5, 0.6) is 0 Å². The lowest BCUT2D eigenvalue weighted by Crippen LogP contribution is -2.46. The summed E-state index contributed by atoms with van der Waals surface area (Å²) < 4.78 is 5.91. The van der Waals surface area contributed by atoms with E-state index in [2.05, 4.69) is 62.5 Å². The summed E-state index contributed by atoms with van der Waals surface area (Å²) in [6.07, 6.45) is 53.4. The fourth-order valence-electron chi connectivity index (χ4n) is 7.58. The van der Waals surface area contributed by atoms with Crippen LogP contribution in [0.25, 0.3) is 0 Å². The number of ether oxygens (including phenoxy) is 1. The maximum absolute atomic E-state index is 13.2. The standard InChI is InChI=1S/C52H97NO5/c1-4-7-10-13-16-19-22-24-26-27-29-31-34-37-40-43-48(58-52(57)45-42-39-36-33-21-18-15-12-9-6-3)46-51(56)53-49(47-54)50(55)44-41-38-35-32-30-28-25-23-20-17-14-11-8-5-2/h12,15-16,19,24,26,48-50,54-55H,4-11,13-14,17-18,20-23,25,27-47H2,1-3H3,(H,53,56)/b15-12-,19-16-,26-24-. The van der Waals surface area contributed by atoms with Crippen molar-refractivity contribution < 1.29 is 24.5 Å². The molecule has 0 saturated heterocycles. The third kappa shape index (κ3) is 40.8. The van der Waals surface area contributed by atoms with Crippen molar-refractivity contribution in [2.24, 2.45) is 0 Å². The van der Waals surface area contributed by atoms with Gasteiger partial charge < -0.3 is 20.3 Å². The number of rotatable bonds is 45. The van der Waals surface area contributed by atoms with Crippen LogP contribution < -0.4 is 5.32 Å². The molecule has 3 atom stereocenters. The van der Waals surface area contributed by atoms with E-state index in [1.165, 1.54) is 128 Å². The van der Waals surface area contributed by atoms with Gasteiger partial charge in [-0.2, -0.15) is 0 Å². The van der Waals surface area contributed by atoms with Gasteiger partial charge in [0, 0.05) is 6.42 Å². The van der Waals surface area contributed by atoms with Crippen LogP contribution in [-0.2, 0) is 14.3 Å². The number of amides is 1. The number of carbonyl (C=O) groups excluding carboxylic acids is 2. The van der Waals surface area contributed by atoms with Crippen LogP contribution >= 0.6 is 0 Å². The summed E-state index contributed by atoms with van der Waals surface area (Å²) in [5.41, 5.74) is 0. The predicted molar refractivity (Wildman–Crippen MR) is 250 cm³/mol. The Labute approximate surface area is 360 Å². The molecule has 0 fully saturated rings. The van der Waals surface area contributed by atoms with E-state index in [-0.39, 0.29) is 24.9 Å². The minimum Gasteiger partial charge on any atom is -0.462 e. The molecule has 0 saturated carbocycles. The van der Waals surface area contributed by atoms with E-state index < -0.39 is 18.2 Å². The molecule has 6 nitrogen and oxygen atoms in total. The first-order valence-electron chi connectivity index (χ1n) is 25.2. The zero-order valence-corrected chi connectivity index (χ0v) is 38.7. The smallest absolute Gasteiger partial charge is 0.306 e. The molecule has 0 bridgehead atoms. The Bertz CT molecular complexity index is 961. The van der Waals surface area contributed by atoms with Gasteiger partial charge in [0.05, 0.1) is 25.2 Å². The number of esters is 1. The Morgan fingerprint density at radius 2 is 0.914 bits per heavy atom. The molecule has 0 aliphatic carbocycles. The van der Waals surface area contributed by atoms with Crippen molar-refractivity contribution in [1.29, 1.82) is 0 Å². The van der Waals surface area contributed by atoms with E-state index in [0.717, 1.165) is 83.5 Å². The van der Waals surface area contributed by atoms with Gasteiger partial charge in [-0.25, -0.2) is 0 Å². The van der Waals surface area contributed by atoms with Crippen LogP contribution in [0, 0.1) is 0 Å². The molecule has 3 N–H and O–H groups in total. The van der Waals surface area contributed by atoms with Gasteiger partial charge in [-0.1, -0.05) is 205 Å². The summed E-state index contributed by atoms with van der Waals surface area (Å²) >= 11 is 0. The number of unbranched alkanes of at least 4 members (excludes halogenated alkanes) is 27. The van der Waals surface area contributed by atoms with Crippen LogP contribution in [0.15, 0.2) is 36.5 Å². The van der Waals surface area contributed by atoms with E-state index in [0.29, 0.717) is 19.3 Å². The van der Waals surface area contributed by atoms with Crippen molar-refractivity contribution in [3.8, 4) is 0 Å². The van der Waals surface area contributed by atoms with E-state index in [9.17, 15) is 19.8 Å². The lowest BCUT2D eigenvalue weighted by molar-refractivity contribution is -0.151. The van der Waals surface area contributed by atoms with Crippen LogP contribution in [0.1, 0.15) is 258 Å². The summed E-state index contributed by atoms with van der Waals surface area (Å²) in [5.74, 6) is -0.494. The average molecular weight is 816 g/mol. The second kappa shape index (κ2) is 46.2. The molecule has 0 rings (SSSR count). The first-order chi connectivity index (χ1) is 28.5. The Hall–Kier alpha value is -1.92. The Morgan fingerprint density at radius 3 is 1.43 bits per heavy atom. The van der Waals surface area contributed by atoms with Gasteiger partial charge >= 0.3 is 5.97 Å². The van der Waals surface area contributed by atoms with E-state index in [1.807, 2.05) is 0 Å². The van der Waals surface area contributed by atoms with Crippen LogP contribution in [0.4, 0.5) is 0 Å². The van der Waals surface area contributed by atoms with Crippen molar-refractivity contribution in [2.45, 2.75) is 277 Å². The van der Waals surface area contributed by atoms with Gasteiger partial charge in [0.15, 0.2) is 0 Å². The Morgan fingerprint density at radius 1 is 0.500 bits per heavy atom. The van der Waals surface area contributed by atoms with Crippen LogP contribution in [0.3, 0.4) is 0 Å². The van der Waals surface area contributed by atoms with Crippen LogP contribution in [0.2, 0.25) is 0 Å². The Balaban J connectivity index is 4.57. The number of hydrogen-bond donors (Lipinski definition) is 3. The van der Waals surface area contributed by atoms with Gasteiger partial charge in [-0.05, 0) is 77.0 Å². The monoisotopic (exact) mass is 816 g/mol. The van der Waals surface area contributed by atoms with Gasteiger partial charge in [-0.3, -0.25) is 9.59 Å². The lowest BCUT2D eigenvalue weighted by atomic mass is 10.0. The highest BCUT2D eigenvalue weighted by Crippen LogP contribution is 2.18. The highest BCUT2D eigenvalue weighted by molar-refractivity contribution is 5.77. The minimum absolute atomic E-state index is 0.0667. The highest BCUT2D eigenvalue weighted by atomic mass is 16.5. The minimum atomic E-state index is -0.790. The number of nitrogens with one attached hydrogen (secondary N) is 1. The molecule has 0 aromatic carbocycles. The lowest BCUT2D eigenvalue weighted by Gasteiger charge is -2.24.